The molecule has 0 radical (unpaired) electrons. The highest BCUT2D eigenvalue weighted by Gasteiger charge is 2.16. The van der Waals surface area contributed by atoms with Crippen LogP contribution in [0.25, 0.3) is 28.0 Å². The minimum absolute atomic E-state index is 0.143. The fourth-order valence-corrected chi connectivity index (χ4v) is 2.92. The zero-order valence-corrected chi connectivity index (χ0v) is 13.1. The molecule has 5 nitrogen and oxygen atoms in total. The van der Waals surface area contributed by atoms with Gasteiger partial charge in [0.25, 0.3) is 11.1 Å². The summed E-state index contributed by atoms with van der Waals surface area (Å²) in [6, 6.07) is 20.4. The Hall–Kier alpha value is -3.60. The number of aromatic nitrogens is 2. The molecule has 0 amide bonds. The molecule has 0 aliphatic carbocycles. The molecule has 0 saturated heterocycles. The molecule has 2 aromatic carbocycles. The fourth-order valence-electron chi connectivity index (χ4n) is 2.92. The van der Waals surface area contributed by atoms with Crippen molar-refractivity contribution in [1.29, 1.82) is 0 Å². The molecule has 122 valence electrons. The number of hydrogen-bond donors (Lipinski definition) is 2. The van der Waals surface area contributed by atoms with Crippen LogP contribution in [0.2, 0.25) is 0 Å². The number of nitrogens with one attached hydrogen (secondary N) is 1. The number of phenolic OH excluding ortho intramolecular Hbond substituents is 1. The monoisotopic (exact) mass is 330 g/mol. The summed E-state index contributed by atoms with van der Waals surface area (Å²) in [4.78, 5) is 28.5. The van der Waals surface area contributed by atoms with E-state index in [1.54, 1.807) is 36.4 Å². The minimum atomic E-state index is -0.381. The number of phenols is 1. The van der Waals surface area contributed by atoms with E-state index in [1.165, 1.54) is 6.07 Å². The molecule has 0 bridgehead atoms. The molecule has 25 heavy (non-hydrogen) atoms. The van der Waals surface area contributed by atoms with Crippen LogP contribution in [0.4, 0.5) is 0 Å². The van der Waals surface area contributed by atoms with Gasteiger partial charge in [0.1, 0.15) is 11.4 Å². The lowest BCUT2D eigenvalue weighted by molar-refractivity contribution is 0.475. The Morgan fingerprint density at radius 1 is 0.760 bits per heavy atom. The summed E-state index contributed by atoms with van der Waals surface area (Å²) in [6.45, 7) is 0. The van der Waals surface area contributed by atoms with Crippen molar-refractivity contribution in [2.75, 3.05) is 0 Å². The van der Waals surface area contributed by atoms with E-state index in [0.29, 0.717) is 22.5 Å². The highest BCUT2D eigenvalue weighted by molar-refractivity contribution is 5.81. The first kappa shape index (κ1) is 15.0. The molecule has 2 aromatic heterocycles. The second kappa shape index (κ2) is 5.79. The Balaban J connectivity index is 2.16. The molecule has 0 atom stereocenters. The second-order valence-electron chi connectivity index (χ2n) is 5.68. The number of rotatable bonds is 2. The molecule has 0 fully saturated rings. The van der Waals surface area contributed by atoms with Gasteiger partial charge in [0.05, 0.1) is 11.3 Å². The third kappa shape index (κ3) is 2.52. The molecule has 0 aliphatic heterocycles. The van der Waals surface area contributed by atoms with Gasteiger partial charge in [-0.15, -0.1) is 0 Å². The highest BCUT2D eigenvalue weighted by atomic mass is 16.3. The van der Waals surface area contributed by atoms with Crippen molar-refractivity contribution in [3.05, 3.63) is 93.5 Å². The first-order valence-electron chi connectivity index (χ1n) is 7.78. The summed E-state index contributed by atoms with van der Waals surface area (Å²) < 4.78 is 1.13. The summed E-state index contributed by atoms with van der Waals surface area (Å²) >= 11 is 0. The summed E-state index contributed by atoms with van der Waals surface area (Å²) in [5, 5.41) is 9.54. The van der Waals surface area contributed by atoms with E-state index in [1.807, 2.05) is 30.3 Å². The lowest BCUT2D eigenvalue weighted by Gasteiger charge is -2.12. The van der Waals surface area contributed by atoms with Gasteiger partial charge in [-0.1, -0.05) is 36.4 Å². The van der Waals surface area contributed by atoms with E-state index >= 15 is 0 Å². The van der Waals surface area contributed by atoms with Gasteiger partial charge in [-0.2, -0.15) is 0 Å². The minimum Gasteiger partial charge on any atom is -0.508 e. The van der Waals surface area contributed by atoms with Gasteiger partial charge in [0.2, 0.25) is 0 Å². The van der Waals surface area contributed by atoms with E-state index < -0.39 is 0 Å². The summed E-state index contributed by atoms with van der Waals surface area (Å²) in [5.41, 5.74) is 2.12. The topological polar surface area (TPSA) is 74.6 Å². The third-order valence-corrected chi connectivity index (χ3v) is 4.09. The van der Waals surface area contributed by atoms with Crippen molar-refractivity contribution in [2.24, 2.45) is 0 Å². The SMILES string of the molecule is O=c1cccc2[nH]c(-c3ccc(O)cc3)c(-c3ccccc3)c(=O)n12. The normalized spacial score (nSPS) is 10.9. The zero-order chi connectivity index (χ0) is 17.4. The number of aromatic hydroxyl groups is 1. The average molecular weight is 330 g/mol. The molecule has 2 N–H and O–H groups in total. The Kier molecular flexibility index (Phi) is 3.47. The number of hydrogen-bond acceptors (Lipinski definition) is 3. The average Bonchev–Trinajstić information content (AvgIpc) is 2.63. The predicted octanol–water partition coefficient (Wildman–Crippen LogP) is 3.03. The molecular weight excluding hydrogens is 316 g/mol. The van der Waals surface area contributed by atoms with Crippen LogP contribution in [0, 0.1) is 0 Å². The lowest BCUT2D eigenvalue weighted by atomic mass is 10.0. The van der Waals surface area contributed by atoms with E-state index in [4.69, 9.17) is 0 Å². The first-order chi connectivity index (χ1) is 12.1. The quantitative estimate of drug-likeness (QED) is 0.593. The maximum Gasteiger partial charge on any atom is 0.269 e. The van der Waals surface area contributed by atoms with Gasteiger partial charge >= 0.3 is 0 Å². The molecule has 0 unspecified atom stereocenters. The third-order valence-electron chi connectivity index (χ3n) is 4.09. The van der Waals surface area contributed by atoms with Crippen LogP contribution in [0.15, 0.2) is 82.4 Å². The van der Waals surface area contributed by atoms with Crippen molar-refractivity contribution in [2.45, 2.75) is 0 Å². The van der Waals surface area contributed by atoms with Crippen molar-refractivity contribution < 1.29 is 5.11 Å². The van der Waals surface area contributed by atoms with Crippen LogP contribution in [0.1, 0.15) is 0 Å². The van der Waals surface area contributed by atoms with Gasteiger partial charge in [-0.3, -0.25) is 9.59 Å². The van der Waals surface area contributed by atoms with Crippen LogP contribution in [0.5, 0.6) is 5.75 Å². The van der Waals surface area contributed by atoms with Gasteiger partial charge in [-0.05, 0) is 41.5 Å². The number of nitrogens with zero attached hydrogens (tertiary/aromatic N) is 1. The Morgan fingerprint density at radius 2 is 1.48 bits per heavy atom. The highest BCUT2D eigenvalue weighted by Crippen LogP contribution is 2.28. The standard InChI is InChI=1S/C20H14N2O3/c23-15-11-9-14(10-12-15)19-18(13-5-2-1-3-6-13)20(25)22-16(21-19)7-4-8-17(22)24/h1-12,21,23H. The number of aromatic amines is 1. The predicted molar refractivity (Wildman–Crippen MR) is 96.8 cm³/mol. The molecular formula is C20H14N2O3. The van der Waals surface area contributed by atoms with Crippen LogP contribution >= 0.6 is 0 Å². The van der Waals surface area contributed by atoms with Crippen LogP contribution in [0.3, 0.4) is 0 Å². The molecule has 0 spiro atoms. The summed E-state index contributed by atoms with van der Waals surface area (Å²) in [7, 11) is 0. The first-order valence-corrected chi connectivity index (χ1v) is 7.78. The van der Waals surface area contributed by atoms with E-state index in [9.17, 15) is 14.7 Å². The number of pyridine rings is 1. The zero-order valence-electron chi connectivity index (χ0n) is 13.1. The summed E-state index contributed by atoms with van der Waals surface area (Å²) in [5.74, 6) is 0.143. The van der Waals surface area contributed by atoms with Gasteiger partial charge < -0.3 is 10.1 Å². The summed E-state index contributed by atoms with van der Waals surface area (Å²) in [6.07, 6.45) is 0. The van der Waals surface area contributed by atoms with Crippen molar-refractivity contribution in [1.82, 2.24) is 9.38 Å². The van der Waals surface area contributed by atoms with Crippen LogP contribution in [-0.4, -0.2) is 14.5 Å². The van der Waals surface area contributed by atoms with Crippen molar-refractivity contribution in [3.8, 4) is 28.1 Å². The maximum atomic E-state index is 13.1. The van der Waals surface area contributed by atoms with E-state index in [-0.39, 0.29) is 16.9 Å². The Labute approximate surface area is 142 Å². The van der Waals surface area contributed by atoms with Crippen molar-refractivity contribution >= 4 is 5.65 Å². The Morgan fingerprint density at radius 3 is 2.20 bits per heavy atom. The molecule has 4 aromatic rings. The molecule has 0 aliphatic rings. The Bertz CT molecular complexity index is 1170. The lowest BCUT2D eigenvalue weighted by Crippen LogP contribution is -2.28. The largest absolute Gasteiger partial charge is 0.508 e. The van der Waals surface area contributed by atoms with E-state index in [2.05, 4.69) is 4.98 Å². The number of fused-ring (bicyclic) bond motifs is 1. The van der Waals surface area contributed by atoms with Crippen LogP contribution in [-0.2, 0) is 0 Å². The molecule has 2 heterocycles. The fraction of sp³-hybridized carbons (Fsp3) is 0. The van der Waals surface area contributed by atoms with Gasteiger partial charge in [0, 0.05) is 6.07 Å². The molecule has 0 saturated carbocycles. The number of H-pyrrole nitrogens is 1. The second-order valence-corrected chi connectivity index (χ2v) is 5.68. The van der Waals surface area contributed by atoms with Crippen LogP contribution < -0.4 is 11.1 Å². The van der Waals surface area contributed by atoms with Crippen molar-refractivity contribution in [3.63, 3.8) is 0 Å². The molecule has 5 heteroatoms. The van der Waals surface area contributed by atoms with Gasteiger partial charge in [-0.25, -0.2) is 4.40 Å². The molecule has 4 rings (SSSR count). The van der Waals surface area contributed by atoms with Gasteiger partial charge in [0.15, 0.2) is 0 Å². The maximum absolute atomic E-state index is 13.1. The number of benzene rings is 2. The van der Waals surface area contributed by atoms with E-state index in [0.717, 1.165) is 9.96 Å². The smallest absolute Gasteiger partial charge is 0.269 e.